The van der Waals surface area contributed by atoms with Gasteiger partial charge < -0.3 is 19.7 Å². The molecule has 3 rings (SSSR count). The minimum atomic E-state index is -3.30. The van der Waals surface area contributed by atoms with Gasteiger partial charge in [-0.3, -0.25) is 0 Å². The van der Waals surface area contributed by atoms with Crippen molar-refractivity contribution in [2.45, 2.75) is 37.7 Å². The molecule has 1 aliphatic heterocycles. The van der Waals surface area contributed by atoms with Crippen LogP contribution in [0.5, 0.6) is 5.88 Å². The Labute approximate surface area is 193 Å². The monoisotopic (exact) mass is 473 g/mol. The van der Waals surface area contributed by atoms with Crippen molar-refractivity contribution in [3.63, 3.8) is 0 Å². The Hall–Kier alpha value is -3.39. The minimum Gasteiger partial charge on any atom is -0.473 e. The van der Waals surface area contributed by atoms with E-state index < -0.39 is 9.84 Å². The third kappa shape index (κ3) is 6.55. The number of nitriles is 1. The van der Waals surface area contributed by atoms with Gasteiger partial charge in [0.15, 0.2) is 21.2 Å². The number of nitrogens with one attached hydrogen (secondary N) is 1. The first-order valence-electron chi connectivity index (χ1n) is 10.6. The standard InChI is InChI=1S/C22H27N5O5S/c1-15(2)13-31-22(28)27-10-8-17(9-11-27)32-21-19(12-23)20(24-14-25-21)26-16-4-6-18(7-5-16)33(3,29)30/h4-7,14-15,17H,8-11,13H2,1-3H3,(H,24,25,26). The van der Waals surface area contributed by atoms with Crippen LogP contribution in [0.2, 0.25) is 0 Å². The Bertz CT molecular complexity index is 1120. The highest BCUT2D eigenvalue weighted by Gasteiger charge is 2.26. The fourth-order valence-corrected chi connectivity index (χ4v) is 3.85. The lowest BCUT2D eigenvalue weighted by molar-refractivity contribution is 0.0605. The van der Waals surface area contributed by atoms with Crippen LogP contribution < -0.4 is 10.1 Å². The molecule has 1 amide bonds. The molecule has 0 bridgehead atoms. The number of ether oxygens (including phenoxy) is 2. The molecule has 2 heterocycles. The third-order valence-corrected chi connectivity index (χ3v) is 6.12. The zero-order valence-electron chi connectivity index (χ0n) is 18.8. The molecule has 1 aromatic carbocycles. The maximum absolute atomic E-state index is 12.1. The van der Waals surface area contributed by atoms with E-state index in [2.05, 4.69) is 21.4 Å². The van der Waals surface area contributed by atoms with Gasteiger partial charge in [0.05, 0.1) is 11.5 Å². The number of sulfone groups is 1. The van der Waals surface area contributed by atoms with Crippen molar-refractivity contribution in [3.8, 4) is 11.9 Å². The average molecular weight is 474 g/mol. The molecule has 1 fully saturated rings. The van der Waals surface area contributed by atoms with Gasteiger partial charge in [0, 0.05) is 37.9 Å². The van der Waals surface area contributed by atoms with Crippen molar-refractivity contribution in [2.75, 3.05) is 31.3 Å². The number of hydrogen-bond donors (Lipinski definition) is 1. The minimum absolute atomic E-state index is 0.142. The van der Waals surface area contributed by atoms with Gasteiger partial charge in [0.25, 0.3) is 0 Å². The van der Waals surface area contributed by atoms with Gasteiger partial charge in [0.2, 0.25) is 5.88 Å². The number of benzene rings is 1. The second kappa shape index (κ2) is 10.5. The summed E-state index contributed by atoms with van der Waals surface area (Å²) in [6, 6.07) is 8.20. The molecule has 0 saturated carbocycles. The molecule has 10 nitrogen and oxygen atoms in total. The molecule has 0 unspecified atom stereocenters. The fourth-order valence-electron chi connectivity index (χ4n) is 3.22. The average Bonchev–Trinajstić information content (AvgIpc) is 2.78. The molecule has 33 heavy (non-hydrogen) atoms. The number of anilines is 2. The first-order valence-corrected chi connectivity index (χ1v) is 12.5. The molecule has 0 spiro atoms. The predicted molar refractivity (Wildman–Crippen MR) is 121 cm³/mol. The van der Waals surface area contributed by atoms with Gasteiger partial charge in [-0.25, -0.2) is 23.2 Å². The highest BCUT2D eigenvalue weighted by molar-refractivity contribution is 7.90. The van der Waals surface area contributed by atoms with Gasteiger partial charge >= 0.3 is 6.09 Å². The van der Waals surface area contributed by atoms with Gasteiger partial charge in [-0.1, -0.05) is 13.8 Å². The molecule has 1 N–H and O–H groups in total. The first-order chi connectivity index (χ1) is 15.7. The molecule has 0 radical (unpaired) electrons. The Morgan fingerprint density at radius 1 is 1.24 bits per heavy atom. The quantitative estimate of drug-likeness (QED) is 0.643. The molecule has 0 atom stereocenters. The third-order valence-electron chi connectivity index (χ3n) is 4.99. The largest absolute Gasteiger partial charge is 0.473 e. The van der Waals surface area contributed by atoms with Gasteiger partial charge in [-0.2, -0.15) is 5.26 Å². The van der Waals surface area contributed by atoms with E-state index in [1.807, 2.05) is 13.8 Å². The molecule has 11 heteroatoms. The molecular formula is C22H27N5O5S. The van der Waals surface area contributed by atoms with Crippen LogP contribution in [0.25, 0.3) is 0 Å². The van der Waals surface area contributed by atoms with Gasteiger partial charge in [-0.15, -0.1) is 0 Å². The van der Waals surface area contributed by atoms with Crippen LogP contribution in [0, 0.1) is 17.2 Å². The zero-order valence-corrected chi connectivity index (χ0v) is 19.6. The van der Waals surface area contributed by atoms with E-state index in [9.17, 15) is 18.5 Å². The normalized spacial score (nSPS) is 14.6. The van der Waals surface area contributed by atoms with Crippen molar-refractivity contribution in [1.82, 2.24) is 14.9 Å². The van der Waals surface area contributed by atoms with Crippen LogP contribution in [0.1, 0.15) is 32.3 Å². The summed E-state index contributed by atoms with van der Waals surface area (Å²) >= 11 is 0. The van der Waals surface area contributed by atoms with Crippen molar-refractivity contribution in [3.05, 3.63) is 36.2 Å². The topological polar surface area (TPSA) is 135 Å². The van der Waals surface area contributed by atoms with Crippen molar-refractivity contribution >= 4 is 27.4 Å². The second-order valence-corrected chi connectivity index (χ2v) is 10.2. The van der Waals surface area contributed by atoms with Gasteiger partial charge in [-0.05, 0) is 30.2 Å². The SMILES string of the molecule is CC(C)COC(=O)N1CCC(Oc2ncnc(Nc3ccc(S(C)(=O)=O)cc3)c2C#N)CC1. The Morgan fingerprint density at radius 3 is 2.48 bits per heavy atom. The van der Waals surface area contributed by atoms with Crippen molar-refractivity contribution in [1.29, 1.82) is 5.26 Å². The van der Waals surface area contributed by atoms with Crippen LogP contribution in [-0.2, 0) is 14.6 Å². The zero-order chi connectivity index (χ0) is 24.0. The number of piperidine rings is 1. The number of amides is 1. The smallest absolute Gasteiger partial charge is 0.409 e. The number of rotatable bonds is 7. The molecular weight excluding hydrogens is 446 g/mol. The number of aromatic nitrogens is 2. The summed E-state index contributed by atoms with van der Waals surface area (Å²) in [5, 5.41) is 12.7. The summed E-state index contributed by atoms with van der Waals surface area (Å²) in [6.45, 7) is 5.33. The highest BCUT2D eigenvalue weighted by atomic mass is 32.2. The summed E-state index contributed by atoms with van der Waals surface area (Å²) < 4.78 is 34.5. The van der Waals surface area contributed by atoms with E-state index in [-0.39, 0.29) is 40.3 Å². The second-order valence-electron chi connectivity index (χ2n) is 8.21. The highest BCUT2D eigenvalue weighted by Crippen LogP contribution is 2.27. The molecule has 176 valence electrons. The van der Waals surface area contributed by atoms with E-state index in [4.69, 9.17) is 9.47 Å². The Morgan fingerprint density at radius 2 is 1.91 bits per heavy atom. The fraction of sp³-hybridized carbons (Fsp3) is 0.455. The van der Waals surface area contributed by atoms with Gasteiger partial charge in [0.1, 0.15) is 18.5 Å². The molecule has 0 aliphatic carbocycles. The van der Waals surface area contributed by atoms with E-state index in [1.54, 1.807) is 17.0 Å². The number of nitrogens with zero attached hydrogens (tertiary/aromatic N) is 4. The van der Waals surface area contributed by atoms with Crippen LogP contribution in [0.15, 0.2) is 35.5 Å². The number of likely N-dealkylation sites (tertiary alicyclic amines) is 1. The van der Waals surface area contributed by atoms with E-state index in [1.165, 1.54) is 18.5 Å². The predicted octanol–water partition coefficient (Wildman–Crippen LogP) is 3.13. The Balaban J connectivity index is 1.64. The van der Waals surface area contributed by atoms with Crippen molar-refractivity contribution < 1.29 is 22.7 Å². The lowest BCUT2D eigenvalue weighted by atomic mass is 10.1. The summed E-state index contributed by atoms with van der Waals surface area (Å²) in [6.07, 6.45) is 3.07. The lowest BCUT2D eigenvalue weighted by Crippen LogP contribution is -2.42. The lowest BCUT2D eigenvalue weighted by Gasteiger charge is -2.31. The van der Waals surface area contributed by atoms with Crippen molar-refractivity contribution in [2.24, 2.45) is 5.92 Å². The first kappa shape index (κ1) is 24.3. The Kier molecular flexibility index (Phi) is 7.71. The number of carbonyl (C=O) groups excluding carboxylic acids is 1. The maximum atomic E-state index is 12.1. The maximum Gasteiger partial charge on any atom is 0.409 e. The van der Waals surface area contributed by atoms with Crippen LogP contribution >= 0.6 is 0 Å². The van der Waals surface area contributed by atoms with Crippen LogP contribution in [0.3, 0.4) is 0 Å². The van der Waals surface area contributed by atoms with E-state index >= 15 is 0 Å². The number of hydrogen-bond acceptors (Lipinski definition) is 9. The van der Waals surface area contributed by atoms with E-state index in [0.29, 0.717) is 38.2 Å². The summed E-state index contributed by atoms with van der Waals surface area (Å²) in [7, 11) is -3.30. The van der Waals surface area contributed by atoms with Crippen LogP contribution in [0.4, 0.5) is 16.3 Å². The summed E-state index contributed by atoms with van der Waals surface area (Å²) in [5.74, 6) is 0.685. The summed E-state index contributed by atoms with van der Waals surface area (Å²) in [5.41, 5.74) is 0.709. The van der Waals surface area contributed by atoms with Crippen LogP contribution in [-0.4, -0.2) is 61.4 Å². The molecule has 1 aliphatic rings. The molecule has 2 aromatic rings. The molecule has 1 saturated heterocycles. The number of carbonyl (C=O) groups is 1. The summed E-state index contributed by atoms with van der Waals surface area (Å²) in [4.78, 5) is 22.2. The van der Waals surface area contributed by atoms with E-state index in [0.717, 1.165) is 6.26 Å². The molecule has 1 aromatic heterocycles.